The van der Waals surface area contributed by atoms with Gasteiger partial charge in [-0.1, -0.05) is 0 Å². The summed E-state index contributed by atoms with van der Waals surface area (Å²) in [6.07, 6.45) is 1.28. The second kappa shape index (κ2) is 5.47. The van der Waals surface area contributed by atoms with E-state index in [4.69, 9.17) is 0 Å². The van der Waals surface area contributed by atoms with Crippen LogP contribution in [-0.2, 0) is 9.84 Å². The zero-order valence-corrected chi connectivity index (χ0v) is 12.2. The fourth-order valence-electron chi connectivity index (χ4n) is 1.05. The summed E-state index contributed by atoms with van der Waals surface area (Å²) >= 11 is 0. The highest BCUT2D eigenvalue weighted by molar-refractivity contribution is 7.92. The van der Waals surface area contributed by atoms with Crippen LogP contribution in [0.15, 0.2) is 0 Å². The molecule has 0 saturated heterocycles. The first-order valence-corrected chi connectivity index (χ1v) is 7.50. The number of nitrogens with one attached hydrogen (secondary N) is 2. The van der Waals surface area contributed by atoms with Crippen LogP contribution in [0.4, 0.5) is 0 Å². The first-order chi connectivity index (χ1) is 6.96. The number of hydrogen-bond donors (Lipinski definition) is 2. The topological polar surface area (TPSA) is 58.2 Å². The minimum Gasteiger partial charge on any atom is -0.314 e. The lowest BCUT2D eigenvalue weighted by Crippen LogP contribution is -2.45. The fraction of sp³-hybridized carbons (Fsp3) is 1.00. The van der Waals surface area contributed by atoms with Crippen molar-refractivity contribution in [2.24, 2.45) is 0 Å². The Kier molecular flexibility index (Phi) is 5.42. The molecule has 5 heteroatoms. The summed E-state index contributed by atoms with van der Waals surface area (Å²) in [4.78, 5) is 0. The van der Waals surface area contributed by atoms with Gasteiger partial charge in [0, 0.05) is 31.4 Å². The van der Waals surface area contributed by atoms with Crippen LogP contribution in [0.2, 0.25) is 0 Å². The molecule has 0 saturated carbocycles. The van der Waals surface area contributed by atoms with Crippen molar-refractivity contribution in [2.45, 2.75) is 44.9 Å². The van der Waals surface area contributed by atoms with E-state index in [2.05, 4.69) is 31.4 Å². The summed E-state index contributed by atoms with van der Waals surface area (Å²) in [5.41, 5.74) is 0.105. The molecule has 0 fully saturated rings. The molecule has 0 aromatic rings. The molecule has 0 aliphatic carbocycles. The molecule has 0 bridgehead atoms. The van der Waals surface area contributed by atoms with Crippen molar-refractivity contribution in [1.29, 1.82) is 0 Å². The zero-order valence-electron chi connectivity index (χ0n) is 11.3. The molecule has 0 rings (SSSR count). The van der Waals surface area contributed by atoms with E-state index in [1.165, 1.54) is 6.26 Å². The van der Waals surface area contributed by atoms with Gasteiger partial charge in [0.2, 0.25) is 0 Å². The van der Waals surface area contributed by atoms with E-state index >= 15 is 0 Å². The molecule has 4 nitrogen and oxygen atoms in total. The highest BCUT2D eigenvalue weighted by Gasteiger charge is 2.29. The second-order valence-corrected chi connectivity index (χ2v) is 8.53. The molecule has 0 aromatic heterocycles. The smallest absolute Gasteiger partial charge is 0.153 e. The third-order valence-corrected chi connectivity index (χ3v) is 4.66. The predicted octanol–water partition coefficient (Wildman–Crippen LogP) is 0.787. The van der Waals surface area contributed by atoms with Crippen LogP contribution < -0.4 is 10.6 Å². The molecule has 98 valence electrons. The first-order valence-electron chi connectivity index (χ1n) is 5.61. The highest BCUT2D eigenvalue weighted by atomic mass is 32.2. The maximum absolute atomic E-state index is 11.4. The Morgan fingerprint density at radius 3 is 1.88 bits per heavy atom. The van der Waals surface area contributed by atoms with Gasteiger partial charge in [0.25, 0.3) is 0 Å². The molecule has 0 aromatic carbocycles. The van der Waals surface area contributed by atoms with E-state index in [0.717, 1.165) is 13.1 Å². The summed E-state index contributed by atoms with van der Waals surface area (Å²) in [7, 11) is -3.00. The van der Waals surface area contributed by atoms with E-state index in [0.29, 0.717) is 6.54 Å². The van der Waals surface area contributed by atoms with Crippen molar-refractivity contribution in [2.75, 3.05) is 25.9 Å². The lowest BCUT2D eigenvalue weighted by atomic mass is 10.1. The van der Waals surface area contributed by atoms with Crippen LogP contribution in [0.5, 0.6) is 0 Å². The molecule has 0 radical (unpaired) electrons. The van der Waals surface area contributed by atoms with E-state index in [-0.39, 0.29) is 5.54 Å². The minimum absolute atomic E-state index is 0.105. The van der Waals surface area contributed by atoms with Gasteiger partial charge in [-0.05, 0) is 34.6 Å². The van der Waals surface area contributed by atoms with Gasteiger partial charge in [-0.15, -0.1) is 0 Å². The predicted molar refractivity (Wildman–Crippen MR) is 69.5 cm³/mol. The molecular formula is C11H26N2O2S. The Morgan fingerprint density at radius 1 is 1.00 bits per heavy atom. The van der Waals surface area contributed by atoms with Crippen LogP contribution >= 0.6 is 0 Å². The third kappa shape index (κ3) is 6.45. The van der Waals surface area contributed by atoms with Crippen molar-refractivity contribution in [3.05, 3.63) is 0 Å². The van der Waals surface area contributed by atoms with Crippen molar-refractivity contribution >= 4 is 9.84 Å². The van der Waals surface area contributed by atoms with Gasteiger partial charge in [0.15, 0.2) is 9.84 Å². The Balaban J connectivity index is 3.84. The summed E-state index contributed by atoms with van der Waals surface area (Å²) < 4.78 is 22.1. The molecule has 0 unspecified atom stereocenters. The quantitative estimate of drug-likeness (QED) is 0.684. The zero-order chi connectivity index (χ0) is 13.0. The van der Waals surface area contributed by atoms with Crippen LogP contribution in [0.25, 0.3) is 0 Å². The van der Waals surface area contributed by atoms with E-state index in [1.807, 2.05) is 0 Å². The molecule has 0 spiro atoms. The summed E-state index contributed by atoms with van der Waals surface area (Å²) in [6.45, 7) is 11.9. The molecular weight excluding hydrogens is 224 g/mol. The average Bonchev–Trinajstić information content (AvgIpc) is 1.98. The molecule has 0 amide bonds. The van der Waals surface area contributed by atoms with Crippen molar-refractivity contribution < 1.29 is 8.42 Å². The van der Waals surface area contributed by atoms with Crippen LogP contribution in [0.1, 0.15) is 34.6 Å². The molecule has 2 N–H and O–H groups in total. The second-order valence-electron chi connectivity index (χ2n) is 5.89. The molecule has 0 aliphatic rings. The van der Waals surface area contributed by atoms with Gasteiger partial charge in [-0.2, -0.15) is 0 Å². The third-order valence-electron chi connectivity index (χ3n) is 2.51. The van der Waals surface area contributed by atoms with Crippen molar-refractivity contribution in [3.8, 4) is 0 Å². The van der Waals surface area contributed by atoms with Gasteiger partial charge >= 0.3 is 0 Å². The normalized spacial score (nSPS) is 14.1. The minimum atomic E-state index is -3.00. The highest BCUT2D eigenvalue weighted by Crippen LogP contribution is 2.12. The lowest BCUT2D eigenvalue weighted by molar-refractivity contribution is 0.417. The van der Waals surface area contributed by atoms with Crippen LogP contribution in [0, 0.1) is 0 Å². The van der Waals surface area contributed by atoms with Gasteiger partial charge in [-0.25, -0.2) is 8.42 Å². The van der Waals surface area contributed by atoms with E-state index in [9.17, 15) is 8.42 Å². The lowest BCUT2D eigenvalue weighted by Gasteiger charge is -2.24. The van der Waals surface area contributed by atoms with E-state index in [1.54, 1.807) is 13.8 Å². The van der Waals surface area contributed by atoms with Gasteiger partial charge in [-0.3, -0.25) is 0 Å². The first kappa shape index (κ1) is 15.9. The average molecular weight is 250 g/mol. The van der Waals surface area contributed by atoms with Gasteiger partial charge < -0.3 is 10.6 Å². The monoisotopic (exact) mass is 250 g/mol. The Labute approximate surface area is 100 Å². The summed E-state index contributed by atoms with van der Waals surface area (Å²) in [6, 6.07) is 0. The number of hydrogen-bond acceptors (Lipinski definition) is 4. The number of rotatable bonds is 6. The molecule has 0 aliphatic heterocycles. The van der Waals surface area contributed by atoms with Crippen molar-refractivity contribution in [3.63, 3.8) is 0 Å². The van der Waals surface area contributed by atoms with Gasteiger partial charge in [0.05, 0.1) is 4.75 Å². The molecule has 0 atom stereocenters. The van der Waals surface area contributed by atoms with Crippen molar-refractivity contribution in [1.82, 2.24) is 10.6 Å². The van der Waals surface area contributed by atoms with Crippen LogP contribution in [-0.4, -0.2) is 44.6 Å². The van der Waals surface area contributed by atoms with Crippen LogP contribution in [0.3, 0.4) is 0 Å². The summed E-state index contributed by atoms with van der Waals surface area (Å²) in [5.74, 6) is 0. The Bertz CT molecular complexity index is 302. The fourth-order valence-corrected chi connectivity index (χ4v) is 1.41. The Hall–Kier alpha value is -0.130. The Morgan fingerprint density at radius 2 is 1.50 bits per heavy atom. The molecule has 16 heavy (non-hydrogen) atoms. The van der Waals surface area contributed by atoms with E-state index < -0.39 is 14.6 Å². The molecule has 0 heterocycles. The maximum Gasteiger partial charge on any atom is 0.153 e. The SMILES string of the molecule is CC(C)(C)NCCNCC(C)(C)S(C)(=O)=O. The standard InChI is InChI=1S/C11H26N2O2S/c1-10(2,3)13-8-7-12-9-11(4,5)16(6,14)15/h12-13H,7-9H2,1-6H3. The largest absolute Gasteiger partial charge is 0.314 e. The number of sulfone groups is 1. The van der Waals surface area contributed by atoms with Gasteiger partial charge in [0.1, 0.15) is 0 Å². The summed E-state index contributed by atoms with van der Waals surface area (Å²) in [5, 5.41) is 6.50. The maximum atomic E-state index is 11.4.